The molecule has 0 radical (unpaired) electrons. The Morgan fingerprint density at radius 2 is 1.74 bits per heavy atom. The highest BCUT2D eigenvalue weighted by atomic mass is 31.3. The van der Waals surface area contributed by atoms with Gasteiger partial charge in [-0.3, -0.25) is 33.3 Å². The number of nitro benzene ring substituents is 1. The molecule has 0 aliphatic carbocycles. The summed E-state index contributed by atoms with van der Waals surface area (Å²) in [6.45, 7) is -1.07. The fraction of sp³-hybridized carbons (Fsp3) is 0.261. The van der Waals surface area contributed by atoms with Crippen LogP contribution >= 0.6 is 15.4 Å². The summed E-state index contributed by atoms with van der Waals surface area (Å²) < 4.78 is 49.9. The van der Waals surface area contributed by atoms with Gasteiger partial charge in [-0.1, -0.05) is 30.3 Å². The molecule has 0 saturated carbocycles. The van der Waals surface area contributed by atoms with Crippen molar-refractivity contribution in [1.29, 1.82) is 0 Å². The van der Waals surface area contributed by atoms with Crippen LogP contribution in [0.3, 0.4) is 0 Å². The third-order valence-corrected chi connectivity index (χ3v) is 8.77. The molecule has 0 amide bonds. The number of hydrogen-bond acceptors (Lipinski definition) is 15. The van der Waals surface area contributed by atoms with Crippen molar-refractivity contribution in [2.75, 3.05) is 6.61 Å². The minimum absolute atomic E-state index is 0.0185. The number of nitrogens with zero attached hydrogens (tertiary/aromatic N) is 2. The Labute approximate surface area is 240 Å². The zero-order valence-electron chi connectivity index (χ0n) is 21.5. The van der Waals surface area contributed by atoms with Gasteiger partial charge in [0.15, 0.2) is 12.3 Å². The van der Waals surface area contributed by atoms with Crippen LogP contribution in [0.2, 0.25) is 0 Å². The van der Waals surface area contributed by atoms with Crippen LogP contribution in [0.5, 0.6) is 5.75 Å². The highest BCUT2D eigenvalue weighted by Gasteiger charge is 2.48. The molecule has 20 heteroatoms. The van der Waals surface area contributed by atoms with Gasteiger partial charge in [0.05, 0.1) is 11.5 Å². The third-order valence-electron chi connectivity index (χ3n) is 5.76. The molecule has 6 atom stereocenters. The van der Waals surface area contributed by atoms with E-state index in [0.717, 1.165) is 41.1 Å². The van der Waals surface area contributed by atoms with Crippen molar-refractivity contribution >= 4 is 27.3 Å². The topological polar surface area (TPSA) is 262 Å². The maximum absolute atomic E-state index is 12.4. The summed E-state index contributed by atoms with van der Waals surface area (Å²) >= 11 is 0. The molecule has 43 heavy (non-hydrogen) atoms. The van der Waals surface area contributed by atoms with E-state index in [1.54, 1.807) is 18.2 Å². The molecule has 1 fully saturated rings. The molecule has 1 aliphatic heterocycles. The molecular weight excluding hydrogens is 620 g/mol. The molecule has 0 bridgehead atoms. The largest absolute Gasteiger partial charge is 0.778 e. The summed E-state index contributed by atoms with van der Waals surface area (Å²) in [5, 5.41) is 21.6. The maximum atomic E-state index is 12.4. The normalized spacial score (nSPS) is 22.7. The molecule has 2 N–H and O–H groups in total. The molecule has 2 heterocycles. The van der Waals surface area contributed by atoms with E-state index in [4.69, 9.17) is 14.2 Å². The zero-order chi connectivity index (χ0) is 31.4. The molecule has 230 valence electrons. The van der Waals surface area contributed by atoms with E-state index >= 15 is 0 Å². The van der Waals surface area contributed by atoms with Gasteiger partial charge >= 0.3 is 11.8 Å². The number of benzene rings is 2. The molecule has 3 unspecified atom stereocenters. The summed E-state index contributed by atoms with van der Waals surface area (Å²) in [6.07, 6.45) is -8.19. The van der Waals surface area contributed by atoms with E-state index in [9.17, 15) is 48.5 Å². The Kier molecular flexibility index (Phi) is 9.74. The van der Waals surface area contributed by atoms with Gasteiger partial charge in [0.25, 0.3) is 19.1 Å². The van der Waals surface area contributed by atoms with Crippen molar-refractivity contribution in [3.8, 4) is 5.75 Å². The second-order valence-corrected chi connectivity index (χ2v) is 12.2. The van der Waals surface area contributed by atoms with Gasteiger partial charge in [0.1, 0.15) is 25.6 Å². The van der Waals surface area contributed by atoms with E-state index in [-0.39, 0.29) is 17.0 Å². The number of aliphatic hydroxyl groups is 1. The number of nitrogens with one attached hydrogen (secondary N) is 1. The van der Waals surface area contributed by atoms with Crippen molar-refractivity contribution in [2.24, 2.45) is 0 Å². The Morgan fingerprint density at radius 3 is 2.37 bits per heavy atom. The lowest BCUT2D eigenvalue weighted by atomic mass is 10.1. The van der Waals surface area contributed by atoms with E-state index in [0.29, 0.717) is 0 Å². The summed E-state index contributed by atoms with van der Waals surface area (Å²) in [6, 6.07) is 12.7. The fourth-order valence-electron chi connectivity index (χ4n) is 3.87. The number of carbonyl (C=O) groups excluding carboxylic acids is 1. The number of nitro groups is 1. The molecule has 18 nitrogen and oxygen atoms in total. The number of aromatic nitrogens is 2. The Morgan fingerprint density at radius 1 is 1.07 bits per heavy atom. The van der Waals surface area contributed by atoms with Crippen LogP contribution < -0.4 is 25.8 Å². The fourth-order valence-corrected chi connectivity index (χ4v) is 6.50. The van der Waals surface area contributed by atoms with E-state index in [1.165, 1.54) is 12.1 Å². The Hall–Kier alpha value is -3.99. The summed E-state index contributed by atoms with van der Waals surface area (Å²) in [5.41, 5.74) is -2.15. The van der Waals surface area contributed by atoms with Gasteiger partial charge in [0, 0.05) is 30.6 Å². The molecule has 4 rings (SSSR count). The minimum atomic E-state index is -5.63. The minimum Gasteiger partial charge on any atom is -0.778 e. The molecule has 0 spiro atoms. The van der Waals surface area contributed by atoms with Crippen molar-refractivity contribution in [3.05, 3.63) is 103 Å². The second kappa shape index (κ2) is 13.1. The highest BCUT2D eigenvalue weighted by molar-refractivity contribution is 7.62. The average Bonchev–Trinajstić information content (AvgIpc) is 3.22. The van der Waals surface area contributed by atoms with Gasteiger partial charge in [-0.2, -0.15) is 0 Å². The zero-order valence-corrected chi connectivity index (χ0v) is 23.3. The van der Waals surface area contributed by atoms with Gasteiger partial charge in [0.2, 0.25) is 0 Å². The van der Waals surface area contributed by atoms with Crippen LogP contribution in [-0.2, 0) is 33.6 Å². The van der Waals surface area contributed by atoms with E-state index < -0.39 is 75.1 Å². The van der Waals surface area contributed by atoms with E-state index in [2.05, 4.69) is 8.83 Å². The van der Waals surface area contributed by atoms with Crippen molar-refractivity contribution in [3.63, 3.8) is 0 Å². The third kappa shape index (κ3) is 8.53. The number of rotatable bonds is 11. The number of ether oxygens (including phenoxy) is 3. The first-order valence-electron chi connectivity index (χ1n) is 12.0. The second-order valence-electron chi connectivity index (χ2n) is 8.84. The Bertz CT molecular complexity index is 1680. The van der Waals surface area contributed by atoms with Gasteiger partial charge < -0.3 is 38.2 Å². The summed E-state index contributed by atoms with van der Waals surface area (Å²) in [7, 11) is -10.8. The summed E-state index contributed by atoms with van der Waals surface area (Å²) in [5.74, 6) is 0.0683. The monoisotopic (exact) mass is 641 g/mol. The number of non-ortho nitro benzene ring substituents is 1. The lowest BCUT2D eigenvalue weighted by molar-refractivity contribution is -0.384. The number of aliphatic hydroxyl groups excluding tert-OH is 1. The van der Waals surface area contributed by atoms with E-state index in [1.807, 2.05) is 4.98 Å². The molecule has 2 aromatic carbocycles. The van der Waals surface area contributed by atoms with Crippen LogP contribution in [0.15, 0.2) is 76.4 Å². The maximum Gasteiger partial charge on any atom is 0.514 e. The van der Waals surface area contributed by atoms with Gasteiger partial charge in [-0.15, -0.1) is 0 Å². The first kappa shape index (κ1) is 31.9. The number of phosphoric ester groups is 1. The van der Waals surface area contributed by atoms with Crippen LogP contribution in [0, 0.1) is 10.1 Å². The quantitative estimate of drug-likeness (QED) is 0.0951. The van der Waals surface area contributed by atoms with Crippen molar-refractivity contribution in [2.45, 2.75) is 30.7 Å². The van der Waals surface area contributed by atoms with Gasteiger partial charge in [-0.25, -0.2) is 9.59 Å². The number of para-hydroxylation sites is 1. The summed E-state index contributed by atoms with van der Waals surface area (Å²) in [4.78, 5) is 72.9. The molecule has 1 saturated heterocycles. The van der Waals surface area contributed by atoms with Crippen LogP contribution in [0.1, 0.15) is 11.8 Å². The number of hydrogen-bond donors (Lipinski definition) is 2. The molecule has 1 aliphatic rings. The van der Waals surface area contributed by atoms with Crippen LogP contribution in [0.25, 0.3) is 0 Å². The highest BCUT2D eigenvalue weighted by Crippen LogP contribution is 2.56. The number of carbonyl (C=O) groups is 1. The van der Waals surface area contributed by atoms with Crippen molar-refractivity contribution < 1.29 is 56.8 Å². The first-order valence-corrected chi connectivity index (χ1v) is 15.2. The van der Waals surface area contributed by atoms with Crippen LogP contribution in [0.4, 0.5) is 10.5 Å². The predicted octanol–water partition coefficient (Wildman–Crippen LogP) is 0.542. The predicted molar refractivity (Wildman–Crippen MR) is 138 cm³/mol. The molecule has 3 aromatic rings. The Balaban J connectivity index is 1.45. The van der Waals surface area contributed by atoms with Crippen LogP contribution in [-0.4, -0.2) is 50.7 Å². The standard InChI is InChI=1S/C23H23N3O15P2/c27-18-10-11-25(22(29)24-18)21-20(40-23(30)38-16-4-2-1-3-5-16)19(28)17(39-21)12-37-43(35,36)41-42(33,34)13-14-6-8-15(9-7-14)26(31)32/h1-11,17,19-21,28H,12-13H2,(H,33,34)(H,35,36)(H,24,27,29)/p-2/t17-,19?,20+,21-/m1/s1. The SMILES string of the molecule is O=C(Oc1ccccc1)O[C@H]1C(O)[C@@H](COP(=O)([O-])OP(=O)([O-])Cc2ccc([N+](=O)[O-])cc2)O[C@H]1n1ccc(=O)[nH]c1=O. The number of aromatic amines is 1. The van der Waals surface area contributed by atoms with Gasteiger partial charge in [-0.05, 0) is 17.7 Å². The first-order chi connectivity index (χ1) is 20.2. The average molecular weight is 641 g/mol. The number of H-pyrrole nitrogens is 1. The molecular formula is C23H21N3O15P2-2. The molecule has 1 aromatic heterocycles. The lowest BCUT2D eigenvalue weighted by Crippen LogP contribution is -2.41. The lowest BCUT2D eigenvalue weighted by Gasteiger charge is -2.32. The van der Waals surface area contributed by atoms with Crippen molar-refractivity contribution in [1.82, 2.24) is 9.55 Å². The number of phosphoric acid groups is 1. The smallest absolute Gasteiger partial charge is 0.514 e.